The molecule has 0 aliphatic carbocycles. The lowest BCUT2D eigenvalue weighted by atomic mass is 10.2. The second kappa shape index (κ2) is 11.4. The molecule has 0 bridgehead atoms. The second-order valence-electron chi connectivity index (χ2n) is 6.11. The van der Waals surface area contributed by atoms with Crippen molar-refractivity contribution in [1.82, 2.24) is 8.61 Å². The molecule has 140 valence electrons. The first-order chi connectivity index (χ1) is 10.7. The van der Waals surface area contributed by atoms with Gasteiger partial charge in [0.25, 0.3) is 0 Å². The van der Waals surface area contributed by atoms with Gasteiger partial charge in [0.1, 0.15) is 0 Å². The second-order valence-corrected chi connectivity index (χ2v) is 10.6. The highest BCUT2D eigenvalue weighted by Gasteiger charge is 2.29. The van der Waals surface area contributed by atoms with Gasteiger partial charge in [0, 0.05) is 27.2 Å². The molecule has 0 aromatic rings. The molecule has 0 rings (SSSR count). The zero-order valence-corrected chi connectivity index (χ0v) is 16.8. The fraction of sp³-hybridized carbons (Fsp3) is 1.00. The molecule has 0 saturated heterocycles. The SMILES string of the molecule is CCCCCCN(C)S(=O)(=O)CS(=O)(=O)N(C)CCCCCC. The molecule has 0 unspecified atom stereocenters. The summed E-state index contributed by atoms with van der Waals surface area (Å²) < 4.78 is 51.2. The van der Waals surface area contributed by atoms with Crippen molar-refractivity contribution in [3.05, 3.63) is 0 Å². The molecule has 0 spiro atoms. The topological polar surface area (TPSA) is 74.8 Å². The van der Waals surface area contributed by atoms with Crippen molar-refractivity contribution in [3.8, 4) is 0 Å². The lowest BCUT2D eigenvalue weighted by Crippen LogP contribution is -2.39. The van der Waals surface area contributed by atoms with Crippen LogP contribution in [0.4, 0.5) is 0 Å². The first-order valence-corrected chi connectivity index (χ1v) is 11.8. The van der Waals surface area contributed by atoms with Gasteiger partial charge in [0.2, 0.25) is 20.0 Å². The fourth-order valence-electron chi connectivity index (χ4n) is 2.17. The predicted octanol–water partition coefficient (Wildman–Crippen LogP) is 2.63. The van der Waals surface area contributed by atoms with Gasteiger partial charge in [0.15, 0.2) is 5.08 Å². The highest BCUT2D eigenvalue weighted by Crippen LogP contribution is 2.11. The van der Waals surface area contributed by atoms with Gasteiger partial charge < -0.3 is 0 Å². The first kappa shape index (κ1) is 22.8. The third-order valence-corrected chi connectivity index (χ3v) is 8.55. The van der Waals surface area contributed by atoms with Crippen LogP contribution in [0.3, 0.4) is 0 Å². The van der Waals surface area contributed by atoms with Gasteiger partial charge in [-0.25, -0.2) is 25.4 Å². The van der Waals surface area contributed by atoms with Crippen molar-refractivity contribution in [2.75, 3.05) is 32.3 Å². The Morgan fingerprint density at radius 1 is 0.609 bits per heavy atom. The zero-order valence-electron chi connectivity index (χ0n) is 15.1. The molecule has 0 heterocycles. The van der Waals surface area contributed by atoms with Gasteiger partial charge >= 0.3 is 0 Å². The van der Waals surface area contributed by atoms with Crippen LogP contribution in [0.2, 0.25) is 0 Å². The molecule has 0 N–H and O–H groups in total. The number of hydrogen-bond acceptors (Lipinski definition) is 4. The maximum atomic E-state index is 12.2. The first-order valence-electron chi connectivity index (χ1n) is 8.55. The van der Waals surface area contributed by atoms with Gasteiger partial charge in [-0.2, -0.15) is 0 Å². The Hall–Kier alpha value is -0.180. The van der Waals surface area contributed by atoms with Gasteiger partial charge in [-0.1, -0.05) is 52.4 Å². The standard InChI is InChI=1S/C15H34N2O4S2/c1-5-7-9-11-13-16(3)22(18,19)15-23(20,21)17(4)14-12-10-8-6-2/h5-15H2,1-4H3. The van der Waals surface area contributed by atoms with E-state index in [2.05, 4.69) is 13.8 Å². The molecule has 8 heteroatoms. The molecule has 0 aromatic carbocycles. The van der Waals surface area contributed by atoms with E-state index in [0.29, 0.717) is 13.1 Å². The van der Waals surface area contributed by atoms with Crippen molar-refractivity contribution in [3.63, 3.8) is 0 Å². The van der Waals surface area contributed by atoms with Crippen LogP contribution in [0.5, 0.6) is 0 Å². The lowest BCUT2D eigenvalue weighted by molar-refractivity contribution is 0.443. The van der Waals surface area contributed by atoms with E-state index in [-0.39, 0.29) is 0 Å². The highest BCUT2D eigenvalue weighted by molar-refractivity contribution is 8.05. The molecule has 0 fully saturated rings. The molecule has 0 aliphatic heterocycles. The van der Waals surface area contributed by atoms with Crippen LogP contribution in [0.15, 0.2) is 0 Å². The number of nitrogens with zero attached hydrogens (tertiary/aromatic N) is 2. The van der Waals surface area contributed by atoms with E-state index in [4.69, 9.17) is 0 Å². The van der Waals surface area contributed by atoms with Crippen LogP contribution in [0.1, 0.15) is 65.2 Å². The van der Waals surface area contributed by atoms with E-state index in [0.717, 1.165) is 51.4 Å². The van der Waals surface area contributed by atoms with Gasteiger partial charge in [-0.05, 0) is 12.8 Å². The van der Waals surface area contributed by atoms with Crippen LogP contribution in [-0.2, 0) is 20.0 Å². The number of sulfonamides is 2. The Morgan fingerprint density at radius 3 is 1.26 bits per heavy atom. The molecule has 23 heavy (non-hydrogen) atoms. The smallest absolute Gasteiger partial charge is 0.211 e. The quantitative estimate of drug-likeness (QED) is 0.441. The van der Waals surface area contributed by atoms with E-state index >= 15 is 0 Å². The summed E-state index contributed by atoms with van der Waals surface area (Å²) >= 11 is 0. The summed E-state index contributed by atoms with van der Waals surface area (Å²) in [5.41, 5.74) is 0. The van der Waals surface area contributed by atoms with Crippen molar-refractivity contribution >= 4 is 20.0 Å². The molecule has 0 aromatic heterocycles. The molecule has 0 amide bonds. The van der Waals surface area contributed by atoms with E-state index in [1.54, 1.807) is 0 Å². The van der Waals surface area contributed by atoms with Crippen LogP contribution >= 0.6 is 0 Å². The summed E-state index contributed by atoms with van der Waals surface area (Å²) in [7, 11) is -4.65. The predicted molar refractivity (Wildman–Crippen MR) is 96.3 cm³/mol. The van der Waals surface area contributed by atoms with Crippen molar-refractivity contribution in [2.24, 2.45) is 0 Å². The Kier molecular flexibility index (Phi) is 11.3. The van der Waals surface area contributed by atoms with Gasteiger partial charge in [-0.15, -0.1) is 0 Å². The average Bonchev–Trinajstić information content (AvgIpc) is 2.46. The number of hydrogen-bond donors (Lipinski definition) is 0. The minimum absolute atomic E-state index is 0.373. The monoisotopic (exact) mass is 370 g/mol. The lowest BCUT2D eigenvalue weighted by Gasteiger charge is -2.21. The van der Waals surface area contributed by atoms with Crippen molar-refractivity contribution < 1.29 is 16.8 Å². The maximum absolute atomic E-state index is 12.2. The largest absolute Gasteiger partial charge is 0.229 e. The van der Waals surface area contributed by atoms with Crippen LogP contribution in [0.25, 0.3) is 0 Å². The molecule has 0 atom stereocenters. The molecule has 0 radical (unpaired) electrons. The Balaban J connectivity index is 4.48. The summed E-state index contributed by atoms with van der Waals surface area (Å²) in [6, 6.07) is 0. The number of unbranched alkanes of at least 4 members (excludes halogenated alkanes) is 6. The molecular formula is C15H34N2O4S2. The molecule has 0 aliphatic rings. The Bertz CT molecular complexity index is 458. The molecular weight excluding hydrogens is 336 g/mol. The zero-order chi connectivity index (χ0) is 17.9. The van der Waals surface area contributed by atoms with E-state index < -0.39 is 25.1 Å². The van der Waals surface area contributed by atoms with E-state index in [9.17, 15) is 16.8 Å². The minimum atomic E-state index is -3.78. The summed E-state index contributed by atoms with van der Waals surface area (Å²) in [6.07, 6.45) is 7.72. The third-order valence-electron chi connectivity index (χ3n) is 3.90. The van der Waals surface area contributed by atoms with Gasteiger partial charge in [-0.3, -0.25) is 0 Å². The van der Waals surface area contributed by atoms with Crippen molar-refractivity contribution in [2.45, 2.75) is 65.2 Å². The van der Waals surface area contributed by atoms with Gasteiger partial charge in [0.05, 0.1) is 0 Å². The van der Waals surface area contributed by atoms with Crippen LogP contribution < -0.4 is 0 Å². The summed E-state index contributed by atoms with van der Waals surface area (Å²) in [4.78, 5) is 0. The average molecular weight is 371 g/mol. The minimum Gasteiger partial charge on any atom is -0.211 e. The summed E-state index contributed by atoms with van der Waals surface area (Å²) in [5, 5.41) is -0.839. The fourth-order valence-corrected chi connectivity index (χ4v) is 5.93. The van der Waals surface area contributed by atoms with Crippen LogP contribution in [0, 0.1) is 0 Å². The third kappa shape index (κ3) is 9.64. The Morgan fingerprint density at radius 2 is 0.957 bits per heavy atom. The van der Waals surface area contributed by atoms with E-state index in [1.165, 1.54) is 22.7 Å². The molecule has 0 saturated carbocycles. The highest BCUT2D eigenvalue weighted by atomic mass is 32.3. The maximum Gasteiger partial charge on any atom is 0.229 e. The summed E-state index contributed by atoms with van der Waals surface area (Å²) in [6.45, 7) is 4.92. The molecule has 6 nitrogen and oxygen atoms in total. The normalized spacial score (nSPS) is 13.1. The number of rotatable bonds is 14. The van der Waals surface area contributed by atoms with Crippen LogP contribution in [-0.4, -0.2) is 57.7 Å². The summed E-state index contributed by atoms with van der Waals surface area (Å²) in [5.74, 6) is 0. The van der Waals surface area contributed by atoms with E-state index in [1.807, 2.05) is 0 Å². The Labute approximate surface area is 143 Å². The van der Waals surface area contributed by atoms with Crippen molar-refractivity contribution in [1.29, 1.82) is 0 Å².